The highest BCUT2D eigenvalue weighted by molar-refractivity contribution is 5.33. The van der Waals surface area contributed by atoms with Crippen molar-refractivity contribution in [1.29, 1.82) is 0 Å². The van der Waals surface area contributed by atoms with Crippen LogP contribution in [0.3, 0.4) is 0 Å². The molecule has 0 radical (unpaired) electrons. The number of benzene rings is 2. The highest BCUT2D eigenvalue weighted by Gasteiger charge is 2.11. The van der Waals surface area contributed by atoms with Gasteiger partial charge in [0.25, 0.3) is 0 Å². The first kappa shape index (κ1) is 13.8. The van der Waals surface area contributed by atoms with Crippen LogP contribution < -0.4 is 0 Å². The van der Waals surface area contributed by atoms with E-state index in [4.69, 9.17) is 0 Å². The molecule has 0 amide bonds. The van der Waals surface area contributed by atoms with E-state index in [2.05, 4.69) is 63.2 Å². The molecular formula is C18H22O. The molecule has 0 aliphatic carbocycles. The second kappa shape index (κ2) is 6.03. The number of aliphatic hydroxyl groups excluding tert-OH is 1. The van der Waals surface area contributed by atoms with Crippen molar-refractivity contribution < 1.29 is 5.11 Å². The number of aryl methyl sites for hydroxylation is 3. The van der Waals surface area contributed by atoms with Gasteiger partial charge in [0.15, 0.2) is 0 Å². The molecule has 0 aliphatic rings. The van der Waals surface area contributed by atoms with E-state index >= 15 is 0 Å². The normalized spacial score (nSPS) is 12.4. The molecule has 1 atom stereocenters. The van der Waals surface area contributed by atoms with E-state index in [9.17, 15) is 5.11 Å². The van der Waals surface area contributed by atoms with E-state index in [-0.39, 0.29) is 0 Å². The Morgan fingerprint density at radius 3 is 2.21 bits per heavy atom. The topological polar surface area (TPSA) is 20.2 Å². The van der Waals surface area contributed by atoms with E-state index in [0.29, 0.717) is 6.42 Å². The van der Waals surface area contributed by atoms with Gasteiger partial charge in [0.05, 0.1) is 6.10 Å². The SMILES string of the molecule is CCc1ccc(CC(O)c2cc(C)ccc2C)cc1. The lowest BCUT2D eigenvalue weighted by Crippen LogP contribution is -2.04. The first-order valence-corrected chi connectivity index (χ1v) is 6.93. The van der Waals surface area contributed by atoms with E-state index in [1.165, 1.54) is 16.7 Å². The molecule has 2 rings (SSSR count). The summed E-state index contributed by atoms with van der Waals surface area (Å²) in [6.45, 7) is 6.27. The zero-order valence-corrected chi connectivity index (χ0v) is 12.0. The fraction of sp³-hybridized carbons (Fsp3) is 0.333. The maximum atomic E-state index is 10.4. The van der Waals surface area contributed by atoms with Crippen molar-refractivity contribution in [1.82, 2.24) is 0 Å². The highest BCUT2D eigenvalue weighted by atomic mass is 16.3. The molecule has 0 saturated carbocycles. The van der Waals surface area contributed by atoms with Gasteiger partial charge in [0, 0.05) is 6.42 Å². The van der Waals surface area contributed by atoms with Crippen LogP contribution in [0, 0.1) is 13.8 Å². The van der Waals surface area contributed by atoms with E-state index in [1.54, 1.807) is 0 Å². The van der Waals surface area contributed by atoms with E-state index in [0.717, 1.165) is 17.5 Å². The predicted molar refractivity (Wildman–Crippen MR) is 80.4 cm³/mol. The zero-order valence-electron chi connectivity index (χ0n) is 12.0. The molecule has 2 aromatic carbocycles. The molecule has 0 saturated heterocycles. The van der Waals surface area contributed by atoms with Gasteiger partial charge in [-0.15, -0.1) is 0 Å². The summed E-state index contributed by atoms with van der Waals surface area (Å²) in [6.07, 6.45) is 1.31. The molecule has 1 nitrogen and oxygen atoms in total. The third-order valence-corrected chi connectivity index (χ3v) is 3.65. The van der Waals surface area contributed by atoms with Crippen molar-refractivity contribution in [3.63, 3.8) is 0 Å². The minimum absolute atomic E-state index is 0.424. The minimum atomic E-state index is -0.424. The van der Waals surface area contributed by atoms with Crippen LogP contribution in [-0.4, -0.2) is 5.11 Å². The van der Waals surface area contributed by atoms with Crippen LogP contribution in [0.2, 0.25) is 0 Å². The first-order valence-electron chi connectivity index (χ1n) is 6.93. The van der Waals surface area contributed by atoms with Gasteiger partial charge in [-0.1, -0.05) is 55.0 Å². The second-order valence-corrected chi connectivity index (χ2v) is 5.25. The Kier molecular flexibility index (Phi) is 4.39. The summed E-state index contributed by atoms with van der Waals surface area (Å²) < 4.78 is 0. The summed E-state index contributed by atoms with van der Waals surface area (Å²) in [4.78, 5) is 0. The van der Waals surface area contributed by atoms with Crippen molar-refractivity contribution in [2.45, 2.75) is 39.7 Å². The summed E-state index contributed by atoms with van der Waals surface area (Å²) >= 11 is 0. The Morgan fingerprint density at radius 2 is 1.58 bits per heavy atom. The molecule has 1 unspecified atom stereocenters. The molecule has 0 aromatic heterocycles. The Balaban J connectivity index is 2.15. The third kappa shape index (κ3) is 3.45. The molecule has 0 fully saturated rings. The van der Waals surface area contributed by atoms with E-state index in [1.807, 2.05) is 0 Å². The van der Waals surface area contributed by atoms with Crippen LogP contribution in [0.1, 0.15) is 40.8 Å². The molecule has 0 spiro atoms. The Morgan fingerprint density at radius 1 is 0.947 bits per heavy atom. The number of hydrogen-bond donors (Lipinski definition) is 1. The highest BCUT2D eigenvalue weighted by Crippen LogP contribution is 2.23. The van der Waals surface area contributed by atoms with Gasteiger partial charge in [-0.3, -0.25) is 0 Å². The lowest BCUT2D eigenvalue weighted by Gasteiger charge is -2.15. The van der Waals surface area contributed by atoms with Crippen LogP contribution in [0.15, 0.2) is 42.5 Å². The maximum absolute atomic E-state index is 10.4. The molecular weight excluding hydrogens is 232 g/mol. The predicted octanol–water partition coefficient (Wildman–Crippen LogP) is 4.14. The molecule has 2 aromatic rings. The summed E-state index contributed by atoms with van der Waals surface area (Å²) in [6, 6.07) is 14.8. The van der Waals surface area contributed by atoms with Gasteiger partial charge in [0.1, 0.15) is 0 Å². The maximum Gasteiger partial charge on any atom is 0.0833 e. The van der Waals surface area contributed by atoms with Crippen molar-refractivity contribution in [2.75, 3.05) is 0 Å². The Hall–Kier alpha value is -1.60. The number of hydrogen-bond acceptors (Lipinski definition) is 1. The molecule has 1 N–H and O–H groups in total. The van der Waals surface area contributed by atoms with Gasteiger partial charge in [0.2, 0.25) is 0 Å². The molecule has 0 aliphatic heterocycles. The number of rotatable bonds is 4. The van der Waals surface area contributed by atoms with Gasteiger partial charge < -0.3 is 5.11 Å². The van der Waals surface area contributed by atoms with Gasteiger partial charge in [-0.05, 0) is 42.5 Å². The molecule has 19 heavy (non-hydrogen) atoms. The Bertz CT molecular complexity index is 540. The lowest BCUT2D eigenvalue weighted by atomic mass is 9.95. The summed E-state index contributed by atoms with van der Waals surface area (Å²) in [5.41, 5.74) is 5.92. The van der Waals surface area contributed by atoms with Gasteiger partial charge in [-0.2, -0.15) is 0 Å². The van der Waals surface area contributed by atoms with Crippen molar-refractivity contribution in [3.05, 3.63) is 70.3 Å². The summed E-state index contributed by atoms with van der Waals surface area (Å²) in [7, 11) is 0. The summed E-state index contributed by atoms with van der Waals surface area (Å²) in [5.74, 6) is 0. The quantitative estimate of drug-likeness (QED) is 0.869. The van der Waals surface area contributed by atoms with Crippen LogP contribution in [0.25, 0.3) is 0 Å². The van der Waals surface area contributed by atoms with Crippen molar-refractivity contribution in [3.8, 4) is 0 Å². The van der Waals surface area contributed by atoms with Gasteiger partial charge in [-0.25, -0.2) is 0 Å². The summed E-state index contributed by atoms with van der Waals surface area (Å²) in [5, 5.41) is 10.4. The smallest absolute Gasteiger partial charge is 0.0833 e. The van der Waals surface area contributed by atoms with Crippen LogP contribution in [-0.2, 0) is 12.8 Å². The largest absolute Gasteiger partial charge is 0.388 e. The number of aliphatic hydroxyl groups is 1. The van der Waals surface area contributed by atoms with Crippen molar-refractivity contribution >= 4 is 0 Å². The monoisotopic (exact) mass is 254 g/mol. The first-order chi connectivity index (χ1) is 9.10. The second-order valence-electron chi connectivity index (χ2n) is 5.25. The average molecular weight is 254 g/mol. The lowest BCUT2D eigenvalue weighted by molar-refractivity contribution is 0.177. The Labute approximate surface area is 115 Å². The fourth-order valence-corrected chi connectivity index (χ4v) is 2.36. The molecule has 0 heterocycles. The zero-order chi connectivity index (χ0) is 13.8. The van der Waals surface area contributed by atoms with E-state index < -0.39 is 6.10 Å². The molecule has 0 bridgehead atoms. The standard InChI is InChI=1S/C18H22O/c1-4-15-7-9-16(10-8-15)12-18(19)17-11-13(2)5-6-14(17)3/h5-11,18-19H,4,12H2,1-3H3. The van der Waals surface area contributed by atoms with Crippen LogP contribution in [0.4, 0.5) is 0 Å². The fourth-order valence-electron chi connectivity index (χ4n) is 2.36. The molecule has 100 valence electrons. The third-order valence-electron chi connectivity index (χ3n) is 3.65. The average Bonchev–Trinajstić information content (AvgIpc) is 2.42. The van der Waals surface area contributed by atoms with Gasteiger partial charge >= 0.3 is 0 Å². The minimum Gasteiger partial charge on any atom is -0.388 e. The molecule has 1 heteroatoms. The van der Waals surface area contributed by atoms with Crippen LogP contribution >= 0.6 is 0 Å². The van der Waals surface area contributed by atoms with Crippen molar-refractivity contribution in [2.24, 2.45) is 0 Å². The van der Waals surface area contributed by atoms with Crippen LogP contribution in [0.5, 0.6) is 0 Å².